The van der Waals surface area contributed by atoms with E-state index in [9.17, 15) is 10.1 Å². The third-order valence-corrected chi connectivity index (χ3v) is 3.00. The molecule has 1 aliphatic heterocycles. The maximum absolute atomic E-state index is 10.9. The first-order valence-electron chi connectivity index (χ1n) is 6.33. The first-order valence-corrected chi connectivity index (χ1v) is 6.33. The normalized spacial score (nSPS) is 17.9. The van der Waals surface area contributed by atoms with Gasteiger partial charge in [0.25, 0.3) is 0 Å². The highest BCUT2D eigenvalue weighted by Crippen LogP contribution is 2.21. The molecule has 0 amide bonds. The van der Waals surface area contributed by atoms with Crippen LogP contribution in [0.15, 0.2) is 18.3 Å². The van der Waals surface area contributed by atoms with Crippen molar-refractivity contribution in [2.45, 2.75) is 13.0 Å². The van der Waals surface area contributed by atoms with Crippen LogP contribution in [0.1, 0.15) is 6.92 Å². The van der Waals surface area contributed by atoms with Crippen molar-refractivity contribution in [2.24, 2.45) is 0 Å². The lowest BCUT2D eigenvalue weighted by Gasteiger charge is -2.29. The van der Waals surface area contributed by atoms with Gasteiger partial charge in [0.2, 0.25) is 0 Å². The average Bonchev–Trinajstić information content (AvgIpc) is 2.40. The Morgan fingerprint density at radius 1 is 1.58 bits per heavy atom. The van der Waals surface area contributed by atoms with Gasteiger partial charge in [-0.05, 0) is 29.0 Å². The van der Waals surface area contributed by atoms with E-state index in [2.05, 4.69) is 15.2 Å². The molecule has 7 heteroatoms. The van der Waals surface area contributed by atoms with Gasteiger partial charge in [-0.15, -0.1) is 0 Å². The number of nitrogens with one attached hydrogen (secondary N) is 1. The monoisotopic (exact) mass is 266 g/mol. The Morgan fingerprint density at radius 2 is 2.32 bits per heavy atom. The fourth-order valence-corrected chi connectivity index (χ4v) is 2.14. The molecule has 7 nitrogen and oxygen atoms in total. The molecule has 1 unspecified atom stereocenters. The van der Waals surface area contributed by atoms with Crippen LogP contribution in [-0.4, -0.2) is 53.7 Å². The highest BCUT2D eigenvalue weighted by Gasteiger charge is 2.18. The molecule has 1 aliphatic rings. The summed E-state index contributed by atoms with van der Waals surface area (Å²) < 4.78 is 5.29. The molecule has 0 aromatic carbocycles. The number of nitrogens with zero attached hydrogens (tertiary/aromatic N) is 3. The van der Waals surface area contributed by atoms with Gasteiger partial charge in [-0.25, -0.2) is 0 Å². The van der Waals surface area contributed by atoms with Crippen molar-refractivity contribution in [1.29, 1.82) is 0 Å². The molecular formula is C12H18N4O3. The molecule has 19 heavy (non-hydrogen) atoms. The second kappa shape index (κ2) is 6.44. The van der Waals surface area contributed by atoms with E-state index in [1.807, 2.05) is 6.92 Å². The molecule has 0 spiro atoms. The summed E-state index contributed by atoms with van der Waals surface area (Å²) in [5.74, 6) is -0.128. The first-order chi connectivity index (χ1) is 9.16. The van der Waals surface area contributed by atoms with Crippen LogP contribution >= 0.6 is 0 Å². The highest BCUT2D eigenvalue weighted by molar-refractivity contribution is 5.57. The van der Waals surface area contributed by atoms with Gasteiger partial charge in [-0.3, -0.25) is 4.90 Å². The number of rotatable bonds is 5. The summed E-state index contributed by atoms with van der Waals surface area (Å²) in [6.45, 7) is 6.14. The van der Waals surface area contributed by atoms with Crippen LogP contribution in [-0.2, 0) is 4.74 Å². The summed E-state index contributed by atoms with van der Waals surface area (Å²) in [7, 11) is 0. The zero-order valence-electron chi connectivity index (χ0n) is 10.9. The van der Waals surface area contributed by atoms with Crippen LogP contribution in [0.2, 0.25) is 0 Å². The average molecular weight is 266 g/mol. The van der Waals surface area contributed by atoms with E-state index in [0.29, 0.717) is 5.69 Å². The van der Waals surface area contributed by atoms with Crippen LogP contribution in [0.25, 0.3) is 0 Å². The van der Waals surface area contributed by atoms with E-state index in [-0.39, 0.29) is 11.9 Å². The lowest BCUT2D eigenvalue weighted by atomic mass is 10.2. The third-order valence-electron chi connectivity index (χ3n) is 3.00. The molecule has 0 radical (unpaired) electrons. The summed E-state index contributed by atoms with van der Waals surface area (Å²) in [5, 5.41) is 14.0. The number of hydrogen-bond acceptors (Lipinski definition) is 6. The summed E-state index contributed by atoms with van der Waals surface area (Å²) in [5.41, 5.74) is 0.466. The SMILES string of the molecule is CC(CN1CCOCC1)Nc1cccnc1[N+](=O)[O-]. The molecule has 0 saturated carbocycles. The van der Waals surface area contributed by atoms with E-state index in [1.54, 1.807) is 12.1 Å². The molecule has 1 N–H and O–H groups in total. The zero-order valence-corrected chi connectivity index (χ0v) is 10.9. The molecule has 1 aromatic rings. The zero-order chi connectivity index (χ0) is 13.7. The summed E-state index contributed by atoms with van der Waals surface area (Å²) in [4.78, 5) is 16.5. The molecule has 0 bridgehead atoms. The summed E-state index contributed by atoms with van der Waals surface area (Å²) in [6, 6.07) is 3.48. The van der Waals surface area contributed by atoms with Crippen LogP contribution in [0.5, 0.6) is 0 Å². The molecular weight excluding hydrogens is 248 g/mol. The Kier molecular flexibility index (Phi) is 4.64. The van der Waals surface area contributed by atoms with Gasteiger partial charge in [0.1, 0.15) is 11.9 Å². The lowest BCUT2D eigenvalue weighted by Crippen LogP contribution is -2.42. The number of aromatic nitrogens is 1. The van der Waals surface area contributed by atoms with E-state index in [4.69, 9.17) is 4.74 Å². The number of anilines is 1. The first kappa shape index (κ1) is 13.7. The smallest absolute Gasteiger partial charge is 0.379 e. The second-order valence-electron chi connectivity index (χ2n) is 4.59. The Balaban J connectivity index is 1.94. The molecule has 0 aliphatic carbocycles. The van der Waals surface area contributed by atoms with Crippen molar-refractivity contribution in [3.8, 4) is 0 Å². The van der Waals surface area contributed by atoms with Crippen molar-refractivity contribution >= 4 is 11.5 Å². The fraction of sp³-hybridized carbons (Fsp3) is 0.583. The van der Waals surface area contributed by atoms with Crippen molar-refractivity contribution in [3.63, 3.8) is 0 Å². The van der Waals surface area contributed by atoms with Crippen LogP contribution < -0.4 is 5.32 Å². The van der Waals surface area contributed by atoms with Gasteiger partial charge in [-0.2, -0.15) is 0 Å². The van der Waals surface area contributed by atoms with E-state index in [0.717, 1.165) is 32.8 Å². The van der Waals surface area contributed by atoms with Gasteiger partial charge in [-0.1, -0.05) is 0 Å². The minimum atomic E-state index is -0.468. The summed E-state index contributed by atoms with van der Waals surface area (Å²) in [6.07, 6.45) is 1.43. The van der Waals surface area contributed by atoms with Crippen molar-refractivity contribution in [1.82, 2.24) is 9.88 Å². The topological polar surface area (TPSA) is 80.5 Å². The number of pyridine rings is 1. The summed E-state index contributed by atoms with van der Waals surface area (Å²) >= 11 is 0. The van der Waals surface area contributed by atoms with E-state index < -0.39 is 4.92 Å². The quantitative estimate of drug-likeness (QED) is 0.635. The standard InChI is InChI=1S/C12H18N4O3/c1-10(9-15-5-7-19-8-6-15)14-11-3-2-4-13-12(11)16(17)18/h2-4,10,14H,5-9H2,1H3. The Morgan fingerprint density at radius 3 is 3.00 bits per heavy atom. The minimum Gasteiger partial charge on any atom is -0.379 e. The predicted molar refractivity (Wildman–Crippen MR) is 71.2 cm³/mol. The number of hydrogen-bond donors (Lipinski definition) is 1. The Bertz CT molecular complexity index is 435. The minimum absolute atomic E-state index is 0.112. The van der Waals surface area contributed by atoms with Gasteiger partial charge in [0, 0.05) is 25.7 Å². The molecule has 104 valence electrons. The van der Waals surface area contributed by atoms with Crippen molar-refractivity contribution in [3.05, 3.63) is 28.4 Å². The van der Waals surface area contributed by atoms with E-state index >= 15 is 0 Å². The molecule has 1 fully saturated rings. The Hall–Kier alpha value is -1.73. The van der Waals surface area contributed by atoms with Crippen molar-refractivity contribution in [2.75, 3.05) is 38.2 Å². The lowest BCUT2D eigenvalue weighted by molar-refractivity contribution is -0.388. The van der Waals surface area contributed by atoms with E-state index in [1.165, 1.54) is 6.20 Å². The van der Waals surface area contributed by atoms with Gasteiger partial charge < -0.3 is 20.2 Å². The molecule has 2 heterocycles. The van der Waals surface area contributed by atoms with Crippen LogP contribution in [0.3, 0.4) is 0 Å². The maximum Gasteiger partial charge on any atom is 0.386 e. The maximum atomic E-state index is 10.9. The van der Waals surface area contributed by atoms with Gasteiger partial charge in [0.15, 0.2) is 0 Å². The Labute approximate surface area is 111 Å². The van der Waals surface area contributed by atoms with Gasteiger partial charge >= 0.3 is 5.82 Å². The molecule has 2 rings (SSSR count). The largest absolute Gasteiger partial charge is 0.386 e. The highest BCUT2D eigenvalue weighted by atomic mass is 16.6. The van der Waals surface area contributed by atoms with Crippen molar-refractivity contribution < 1.29 is 9.66 Å². The number of ether oxygens (including phenoxy) is 1. The second-order valence-corrected chi connectivity index (χ2v) is 4.59. The third kappa shape index (κ3) is 3.87. The fourth-order valence-electron chi connectivity index (χ4n) is 2.14. The van der Waals surface area contributed by atoms with Gasteiger partial charge in [0.05, 0.1) is 13.2 Å². The number of morpholine rings is 1. The molecule has 1 saturated heterocycles. The van der Waals surface area contributed by atoms with Crippen LogP contribution in [0, 0.1) is 10.1 Å². The molecule has 1 aromatic heterocycles. The van der Waals surface area contributed by atoms with Crippen LogP contribution in [0.4, 0.5) is 11.5 Å². The molecule has 1 atom stereocenters. The number of nitro groups is 1. The predicted octanol–water partition coefficient (Wildman–Crippen LogP) is 1.12.